The minimum atomic E-state index is -4.37. The lowest BCUT2D eigenvalue weighted by molar-refractivity contribution is -0.153. The van der Waals surface area contributed by atoms with Crippen LogP contribution >= 0.6 is 12.4 Å². The molecule has 1 N–H and O–H groups in total. The van der Waals surface area contributed by atoms with Crippen LogP contribution in [0.25, 0.3) is 0 Å². The molecule has 1 saturated heterocycles. The van der Waals surface area contributed by atoms with E-state index in [1.807, 2.05) is 6.92 Å². The summed E-state index contributed by atoms with van der Waals surface area (Å²) in [5.74, 6) is -0.0244. The number of carbonyl (C=O) groups excluding carboxylic acids is 1. The molecule has 1 aromatic carbocycles. The van der Waals surface area contributed by atoms with Crippen molar-refractivity contribution in [2.45, 2.75) is 19.1 Å². The molecule has 1 amide bonds. The summed E-state index contributed by atoms with van der Waals surface area (Å²) < 4.78 is 40.7. The van der Waals surface area contributed by atoms with Gasteiger partial charge in [0.1, 0.15) is 5.75 Å². The van der Waals surface area contributed by atoms with Crippen LogP contribution in [-0.2, 0) is 0 Å². The molecule has 1 aliphatic rings. The van der Waals surface area contributed by atoms with E-state index in [-0.39, 0.29) is 30.1 Å². The lowest BCUT2D eigenvalue weighted by atomic mass is 10.1. The van der Waals surface area contributed by atoms with Crippen LogP contribution in [0.3, 0.4) is 0 Å². The largest absolute Gasteiger partial charge is 0.484 e. The van der Waals surface area contributed by atoms with Crippen molar-refractivity contribution in [2.75, 3.05) is 26.2 Å². The quantitative estimate of drug-likeness (QED) is 0.920. The average Bonchev–Trinajstić information content (AvgIpc) is 2.45. The highest BCUT2D eigenvalue weighted by Gasteiger charge is 2.28. The molecule has 124 valence electrons. The number of benzene rings is 1. The Bertz CT molecular complexity index is 494. The zero-order valence-electron chi connectivity index (χ0n) is 12.0. The minimum absolute atomic E-state index is 0. The minimum Gasteiger partial charge on any atom is -0.484 e. The smallest absolute Gasteiger partial charge is 0.422 e. The Morgan fingerprint density at radius 2 is 2.00 bits per heavy atom. The number of halogens is 4. The zero-order chi connectivity index (χ0) is 15.5. The topological polar surface area (TPSA) is 41.6 Å². The molecule has 1 fully saturated rings. The molecule has 1 heterocycles. The van der Waals surface area contributed by atoms with Gasteiger partial charge < -0.3 is 15.0 Å². The maximum Gasteiger partial charge on any atom is 0.422 e. The van der Waals surface area contributed by atoms with Crippen molar-refractivity contribution in [3.05, 3.63) is 29.8 Å². The number of hydrogen-bond donors (Lipinski definition) is 1. The summed E-state index contributed by atoms with van der Waals surface area (Å²) in [5.41, 5.74) is 0.447. The first-order chi connectivity index (χ1) is 9.87. The molecule has 22 heavy (non-hydrogen) atoms. The van der Waals surface area contributed by atoms with Gasteiger partial charge in [-0.2, -0.15) is 13.2 Å². The zero-order valence-corrected chi connectivity index (χ0v) is 12.8. The van der Waals surface area contributed by atoms with Gasteiger partial charge in [0, 0.05) is 31.2 Å². The van der Waals surface area contributed by atoms with Crippen LogP contribution in [0.2, 0.25) is 0 Å². The molecule has 0 radical (unpaired) electrons. The van der Waals surface area contributed by atoms with E-state index in [4.69, 9.17) is 0 Å². The fourth-order valence-electron chi connectivity index (χ4n) is 2.17. The van der Waals surface area contributed by atoms with Gasteiger partial charge in [0.25, 0.3) is 5.91 Å². The highest BCUT2D eigenvalue weighted by Crippen LogP contribution is 2.19. The summed E-state index contributed by atoms with van der Waals surface area (Å²) in [6, 6.07) is 5.83. The van der Waals surface area contributed by atoms with E-state index in [1.54, 1.807) is 4.90 Å². The maximum atomic E-state index is 12.3. The van der Waals surface area contributed by atoms with Crippen molar-refractivity contribution in [1.82, 2.24) is 10.2 Å². The summed E-state index contributed by atoms with van der Waals surface area (Å²) in [7, 11) is 0. The van der Waals surface area contributed by atoms with Crippen molar-refractivity contribution in [1.29, 1.82) is 0 Å². The number of amides is 1. The fraction of sp³-hybridized carbons (Fsp3) is 0.500. The van der Waals surface area contributed by atoms with Crippen molar-refractivity contribution in [3.63, 3.8) is 0 Å². The van der Waals surface area contributed by atoms with E-state index in [1.165, 1.54) is 24.3 Å². The number of hydrogen-bond acceptors (Lipinski definition) is 3. The van der Waals surface area contributed by atoms with Crippen LogP contribution in [0.5, 0.6) is 5.75 Å². The van der Waals surface area contributed by atoms with Gasteiger partial charge >= 0.3 is 6.18 Å². The van der Waals surface area contributed by atoms with Crippen LogP contribution in [0.1, 0.15) is 17.3 Å². The summed E-state index contributed by atoms with van der Waals surface area (Å²) in [4.78, 5) is 14.1. The standard InChI is InChI=1S/C14H17F3N2O2.ClH/c1-10-8-18-6-7-19(10)13(20)11-2-4-12(5-3-11)21-9-14(15,16)17;/h2-5,10,18H,6-9H2,1H3;1H/t10-;/m1./s1. The highest BCUT2D eigenvalue weighted by atomic mass is 35.5. The molecule has 0 aromatic heterocycles. The van der Waals surface area contributed by atoms with Gasteiger partial charge in [-0.1, -0.05) is 0 Å². The van der Waals surface area contributed by atoms with E-state index in [0.717, 1.165) is 13.1 Å². The number of carbonyl (C=O) groups is 1. The highest BCUT2D eigenvalue weighted by molar-refractivity contribution is 5.94. The third-order valence-corrected chi connectivity index (χ3v) is 3.27. The molecule has 8 heteroatoms. The van der Waals surface area contributed by atoms with Gasteiger partial charge in [-0.05, 0) is 31.2 Å². The molecule has 4 nitrogen and oxygen atoms in total. The Labute approximate surface area is 133 Å². The number of rotatable bonds is 3. The average molecular weight is 339 g/mol. The molecule has 1 aromatic rings. The second-order valence-corrected chi connectivity index (χ2v) is 4.98. The third-order valence-electron chi connectivity index (χ3n) is 3.27. The molecule has 0 aliphatic carbocycles. The molecule has 0 bridgehead atoms. The van der Waals surface area contributed by atoms with Gasteiger partial charge in [0.15, 0.2) is 6.61 Å². The molecule has 1 aliphatic heterocycles. The first-order valence-electron chi connectivity index (χ1n) is 6.68. The van der Waals surface area contributed by atoms with E-state index in [0.29, 0.717) is 12.1 Å². The molecule has 0 saturated carbocycles. The summed E-state index contributed by atoms with van der Waals surface area (Å²) in [6.07, 6.45) is -4.37. The van der Waals surface area contributed by atoms with E-state index in [9.17, 15) is 18.0 Å². The van der Waals surface area contributed by atoms with Crippen molar-refractivity contribution in [3.8, 4) is 5.75 Å². The summed E-state index contributed by atoms with van der Waals surface area (Å²) >= 11 is 0. The molecular weight excluding hydrogens is 321 g/mol. The Hall–Kier alpha value is -1.47. The van der Waals surface area contributed by atoms with Gasteiger partial charge in [-0.15, -0.1) is 12.4 Å². The third kappa shape index (κ3) is 5.06. The van der Waals surface area contributed by atoms with E-state index < -0.39 is 12.8 Å². The number of nitrogens with one attached hydrogen (secondary N) is 1. The Morgan fingerprint density at radius 1 is 1.36 bits per heavy atom. The predicted octanol–water partition coefficient (Wildman–Crippen LogP) is 2.48. The number of ether oxygens (including phenoxy) is 1. The van der Waals surface area contributed by atoms with Gasteiger partial charge in [-0.25, -0.2) is 0 Å². The molecule has 2 rings (SSSR count). The van der Waals surface area contributed by atoms with Gasteiger partial charge in [-0.3, -0.25) is 4.79 Å². The fourth-order valence-corrected chi connectivity index (χ4v) is 2.17. The monoisotopic (exact) mass is 338 g/mol. The molecule has 0 spiro atoms. The SMILES string of the molecule is C[C@@H]1CNCCN1C(=O)c1ccc(OCC(F)(F)F)cc1.Cl. The second kappa shape index (κ2) is 7.69. The first-order valence-corrected chi connectivity index (χ1v) is 6.68. The number of piperazine rings is 1. The van der Waals surface area contributed by atoms with Crippen molar-refractivity contribution in [2.24, 2.45) is 0 Å². The van der Waals surface area contributed by atoms with Crippen LogP contribution in [0, 0.1) is 0 Å². The normalized spacial score (nSPS) is 18.5. The Balaban J connectivity index is 0.00000242. The summed E-state index contributed by atoms with van der Waals surface area (Å²) in [6.45, 7) is 2.70. The predicted molar refractivity (Wildman–Crippen MR) is 78.6 cm³/mol. The lowest BCUT2D eigenvalue weighted by Gasteiger charge is -2.34. The molecule has 1 atom stereocenters. The first kappa shape index (κ1) is 18.6. The van der Waals surface area contributed by atoms with Crippen molar-refractivity contribution < 1.29 is 22.7 Å². The van der Waals surface area contributed by atoms with Crippen LogP contribution in [0.4, 0.5) is 13.2 Å². The van der Waals surface area contributed by atoms with Gasteiger partial charge in [0.05, 0.1) is 0 Å². The van der Waals surface area contributed by atoms with Crippen molar-refractivity contribution >= 4 is 18.3 Å². The second-order valence-electron chi connectivity index (χ2n) is 4.98. The Morgan fingerprint density at radius 3 is 2.55 bits per heavy atom. The van der Waals surface area contributed by atoms with Crippen LogP contribution < -0.4 is 10.1 Å². The van der Waals surface area contributed by atoms with E-state index >= 15 is 0 Å². The summed E-state index contributed by atoms with van der Waals surface area (Å²) in [5, 5.41) is 3.19. The van der Waals surface area contributed by atoms with Crippen LogP contribution in [0.15, 0.2) is 24.3 Å². The number of nitrogens with zero attached hydrogens (tertiary/aromatic N) is 1. The maximum absolute atomic E-state index is 12.3. The molecule has 0 unspecified atom stereocenters. The van der Waals surface area contributed by atoms with Gasteiger partial charge in [0.2, 0.25) is 0 Å². The molecular formula is C14H18ClF3N2O2. The van der Waals surface area contributed by atoms with Crippen LogP contribution in [-0.4, -0.2) is 49.3 Å². The lowest BCUT2D eigenvalue weighted by Crippen LogP contribution is -2.52. The van der Waals surface area contributed by atoms with E-state index in [2.05, 4.69) is 10.1 Å². The Kier molecular flexibility index (Phi) is 6.49. The number of alkyl halides is 3.